The van der Waals surface area contributed by atoms with Crippen LogP contribution in [0, 0.1) is 0 Å². The zero-order valence-corrected chi connectivity index (χ0v) is 9.18. The van der Waals surface area contributed by atoms with Crippen LogP contribution in [0.5, 0.6) is 0 Å². The monoisotopic (exact) mass is 221 g/mol. The van der Waals surface area contributed by atoms with Gasteiger partial charge in [-0.05, 0) is 13.0 Å². The lowest BCUT2D eigenvalue weighted by molar-refractivity contribution is -0.120. The van der Waals surface area contributed by atoms with Crippen molar-refractivity contribution in [2.75, 3.05) is 24.5 Å². The zero-order chi connectivity index (χ0) is 11.5. The Morgan fingerprint density at radius 2 is 2.44 bits per heavy atom. The van der Waals surface area contributed by atoms with E-state index in [1.807, 2.05) is 11.0 Å². The number of anilines is 1. The van der Waals surface area contributed by atoms with Crippen molar-refractivity contribution in [1.82, 2.24) is 10.3 Å². The summed E-state index contributed by atoms with van der Waals surface area (Å²) in [6.07, 6.45) is 1.10. The van der Waals surface area contributed by atoms with Gasteiger partial charge >= 0.3 is 0 Å². The number of aromatic nitrogens is 1. The number of piperazine rings is 1. The van der Waals surface area contributed by atoms with E-state index in [2.05, 4.69) is 10.3 Å². The van der Waals surface area contributed by atoms with Crippen molar-refractivity contribution in [2.24, 2.45) is 0 Å². The normalized spacial score (nSPS) is 18.1. The van der Waals surface area contributed by atoms with Crippen molar-refractivity contribution < 1.29 is 9.90 Å². The SMILES string of the molecule is CC(O)c1cccnc1N1CCNC(=O)C1. The predicted octanol–water partition coefficient (Wildman–Crippen LogP) is 0.0711. The van der Waals surface area contributed by atoms with Crippen LogP contribution in [-0.2, 0) is 4.79 Å². The maximum Gasteiger partial charge on any atom is 0.239 e. The Kier molecular flexibility index (Phi) is 3.05. The quantitative estimate of drug-likeness (QED) is 0.741. The van der Waals surface area contributed by atoms with Crippen LogP contribution < -0.4 is 10.2 Å². The molecule has 1 unspecified atom stereocenters. The molecule has 0 bridgehead atoms. The summed E-state index contributed by atoms with van der Waals surface area (Å²) in [4.78, 5) is 17.4. The fraction of sp³-hybridized carbons (Fsp3) is 0.455. The molecule has 1 aromatic heterocycles. The number of aliphatic hydroxyl groups is 1. The fourth-order valence-electron chi connectivity index (χ4n) is 1.82. The second kappa shape index (κ2) is 4.49. The van der Waals surface area contributed by atoms with Gasteiger partial charge in [-0.3, -0.25) is 4.79 Å². The van der Waals surface area contributed by atoms with Crippen LogP contribution >= 0.6 is 0 Å². The standard InChI is InChI=1S/C11H15N3O2/c1-8(15)9-3-2-4-13-11(9)14-6-5-12-10(16)7-14/h2-4,8,15H,5-7H2,1H3,(H,12,16). The highest BCUT2D eigenvalue weighted by Crippen LogP contribution is 2.23. The highest BCUT2D eigenvalue weighted by molar-refractivity contribution is 5.82. The van der Waals surface area contributed by atoms with Crippen LogP contribution in [0.25, 0.3) is 0 Å². The summed E-state index contributed by atoms with van der Waals surface area (Å²) < 4.78 is 0. The molecule has 0 aliphatic carbocycles. The number of nitrogens with one attached hydrogen (secondary N) is 1. The number of aliphatic hydroxyl groups excluding tert-OH is 1. The Morgan fingerprint density at radius 3 is 3.12 bits per heavy atom. The van der Waals surface area contributed by atoms with Crippen molar-refractivity contribution in [2.45, 2.75) is 13.0 Å². The molecule has 5 heteroatoms. The molecule has 86 valence electrons. The summed E-state index contributed by atoms with van der Waals surface area (Å²) in [7, 11) is 0. The summed E-state index contributed by atoms with van der Waals surface area (Å²) in [5.74, 6) is 0.695. The molecule has 2 rings (SSSR count). The van der Waals surface area contributed by atoms with Crippen LogP contribution in [0.4, 0.5) is 5.82 Å². The predicted molar refractivity (Wildman–Crippen MR) is 60.1 cm³/mol. The number of hydrogen-bond donors (Lipinski definition) is 2. The molecule has 0 radical (unpaired) electrons. The van der Waals surface area contributed by atoms with Crippen LogP contribution in [0.15, 0.2) is 18.3 Å². The highest BCUT2D eigenvalue weighted by Gasteiger charge is 2.21. The number of rotatable bonds is 2. The molecule has 16 heavy (non-hydrogen) atoms. The van der Waals surface area contributed by atoms with Crippen molar-refractivity contribution in [1.29, 1.82) is 0 Å². The van der Waals surface area contributed by atoms with E-state index in [-0.39, 0.29) is 5.91 Å². The van der Waals surface area contributed by atoms with Gasteiger partial charge in [0.05, 0.1) is 12.6 Å². The van der Waals surface area contributed by atoms with Gasteiger partial charge < -0.3 is 15.3 Å². The largest absolute Gasteiger partial charge is 0.389 e. The third-order valence-electron chi connectivity index (χ3n) is 2.60. The van der Waals surface area contributed by atoms with E-state index in [0.29, 0.717) is 18.9 Å². The molecule has 2 heterocycles. The third kappa shape index (κ3) is 2.14. The smallest absolute Gasteiger partial charge is 0.239 e. The van der Waals surface area contributed by atoms with Crippen LogP contribution in [0.2, 0.25) is 0 Å². The molecule has 1 saturated heterocycles. The minimum absolute atomic E-state index is 0.00607. The molecule has 2 N–H and O–H groups in total. The number of carbonyl (C=O) groups is 1. The van der Waals surface area contributed by atoms with Crippen LogP contribution in [0.1, 0.15) is 18.6 Å². The van der Waals surface area contributed by atoms with E-state index in [0.717, 1.165) is 12.1 Å². The van der Waals surface area contributed by atoms with Crippen molar-refractivity contribution >= 4 is 11.7 Å². The molecular weight excluding hydrogens is 206 g/mol. The summed E-state index contributed by atoms with van der Waals surface area (Å²) in [5, 5.41) is 12.4. The van der Waals surface area contributed by atoms with Gasteiger partial charge in [-0.15, -0.1) is 0 Å². The first-order chi connectivity index (χ1) is 7.68. The summed E-state index contributed by atoms with van der Waals surface area (Å²) in [6.45, 7) is 3.35. The Morgan fingerprint density at radius 1 is 1.62 bits per heavy atom. The van der Waals surface area contributed by atoms with E-state index < -0.39 is 6.10 Å². The number of pyridine rings is 1. The van der Waals surface area contributed by atoms with Crippen molar-refractivity contribution in [3.63, 3.8) is 0 Å². The lowest BCUT2D eigenvalue weighted by atomic mass is 10.1. The molecule has 1 fully saturated rings. The van der Waals surface area contributed by atoms with Gasteiger partial charge in [-0.1, -0.05) is 6.07 Å². The second-order valence-corrected chi connectivity index (χ2v) is 3.86. The molecule has 1 atom stereocenters. The summed E-state index contributed by atoms with van der Waals surface area (Å²) in [5.41, 5.74) is 0.761. The van der Waals surface area contributed by atoms with Gasteiger partial charge in [-0.2, -0.15) is 0 Å². The zero-order valence-electron chi connectivity index (χ0n) is 9.18. The Hall–Kier alpha value is -1.62. The molecular formula is C11H15N3O2. The molecule has 0 spiro atoms. The summed E-state index contributed by atoms with van der Waals surface area (Å²) in [6, 6.07) is 3.62. The average Bonchev–Trinajstić information content (AvgIpc) is 2.29. The lowest BCUT2D eigenvalue weighted by Gasteiger charge is -2.29. The highest BCUT2D eigenvalue weighted by atomic mass is 16.3. The Bertz CT molecular complexity index is 393. The first-order valence-electron chi connectivity index (χ1n) is 5.33. The topological polar surface area (TPSA) is 65.5 Å². The lowest BCUT2D eigenvalue weighted by Crippen LogP contribution is -2.48. The maximum absolute atomic E-state index is 11.3. The first-order valence-corrected chi connectivity index (χ1v) is 5.33. The van der Waals surface area contributed by atoms with E-state index in [9.17, 15) is 9.90 Å². The van der Waals surface area contributed by atoms with Crippen LogP contribution in [-0.4, -0.2) is 35.6 Å². The molecule has 1 aromatic rings. The van der Waals surface area contributed by atoms with Crippen molar-refractivity contribution in [3.8, 4) is 0 Å². The van der Waals surface area contributed by atoms with E-state index in [4.69, 9.17) is 0 Å². The van der Waals surface area contributed by atoms with Gasteiger partial charge in [0.25, 0.3) is 0 Å². The van der Waals surface area contributed by atoms with Gasteiger partial charge in [0.1, 0.15) is 5.82 Å². The van der Waals surface area contributed by atoms with Gasteiger partial charge in [-0.25, -0.2) is 4.98 Å². The fourth-order valence-corrected chi connectivity index (χ4v) is 1.82. The molecule has 0 aromatic carbocycles. The average molecular weight is 221 g/mol. The minimum Gasteiger partial charge on any atom is -0.389 e. The number of carbonyl (C=O) groups excluding carboxylic acids is 1. The Balaban J connectivity index is 2.28. The minimum atomic E-state index is -0.575. The van der Waals surface area contributed by atoms with E-state index in [1.165, 1.54) is 0 Å². The molecule has 1 amide bonds. The van der Waals surface area contributed by atoms with Gasteiger partial charge in [0, 0.05) is 24.8 Å². The second-order valence-electron chi connectivity index (χ2n) is 3.86. The van der Waals surface area contributed by atoms with Gasteiger partial charge in [0.15, 0.2) is 0 Å². The van der Waals surface area contributed by atoms with Crippen molar-refractivity contribution in [3.05, 3.63) is 23.9 Å². The Labute approximate surface area is 94.1 Å². The van der Waals surface area contributed by atoms with E-state index in [1.54, 1.807) is 19.2 Å². The third-order valence-corrected chi connectivity index (χ3v) is 2.60. The molecule has 1 aliphatic rings. The molecule has 5 nitrogen and oxygen atoms in total. The van der Waals surface area contributed by atoms with Crippen LogP contribution in [0.3, 0.4) is 0 Å². The molecule has 0 saturated carbocycles. The maximum atomic E-state index is 11.3. The number of nitrogens with zero attached hydrogens (tertiary/aromatic N) is 2. The summed E-state index contributed by atoms with van der Waals surface area (Å²) >= 11 is 0. The van der Waals surface area contributed by atoms with E-state index >= 15 is 0 Å². The number of amides is 1. The molecule has 1 aliphatic heterocycles. The first kappa shape index (κ1) is 10.9. The number of hydrogen-bond acceptors (Lipinski definition) is 4. The van der Waals surface area contributed by atoms with Gasteiger partial charge in [0.2, 0.25) is 5.91 Å².